The van der Waals surface area contributed by atoms with Crippen LogP contribution in [-0.2, 0) is 6.42 Å². The molecule has 110 valence electrons. The predicted octanol–water partition coefficient (Wildman–Crippen LogP) is 2.39. The minimum Gasteiger partial charge on any atom is -0.368 e. The van der Waals surface area contributed by atoms with Crippen molar-refractivity contribution in [3.8, 4) is 0 Å². The molecule has 1 aromatic heterocycles. The van der Waals surface area contributed by atoms with Crippen LogP contribution in [0.3, 0.4) is 0 Å². The van der Waals surface area contributed by atoms with E-state index in [-0.39, 0.29) is 17.4 Å². The van der Waals surface area contributed by atoms with Crippen LogP contribution < -0.4 is 10.6 Å². The SMILES string of the molecule is CNC(=O)c1ccc(NCCc2cc(Br)ccc2F)nn1. The van der Waals surface area contributed by atoms with Crippen molar-refractivity contribution in [2.75, 3.05) is 18.9 Å². The molecule has 0 aliphatic carbocycles. The van der Waals surface area contributed by atoms with Crippen LogP contribution in [0.1, 0.15) is 16.1 Å². The van der Waals surface area contributed by atoms with E-state index in [1.165, 1.54) is 13.1 Å². The average molecular weight is 353 g/mol. The number of nitrogens with zero attached hydrogens (tertiary/aromatic N) is 2. The lowest BCUT2D eigenvalue weighted by atomic mass is 10.1. The number of amides is 1. The first-order valence-corrected chi connectivity index (χ1v) is 7.13. The number of anilines is 1. The number of hydrogen-bond acceptors (Lipinski definition) is 4. The summed E-state index contributed by atoms with van der Waals surface area (Å²) in [5.74, 6) is 0.0179. The van der Waals surface area contributed by atoms with Crippen molar-refractivity contribution in [2.24, 2.45) is 0 Å². The van der Waals surface area contributed by atoms with Gasteiger partial charge in [0.2, 0.25) is 0 Å². The van der Waals surface area contributed by atoms with Crippen LogP contribution in [0, 0.1) is 5.82 Å². The fourth-order valence-electron chi connectivity index (χ4n) is 1.74. The van der Waals surface area contributed by atoms with Crippen LogP contribution in [0.5, 0.6) is 0 Å². The first kappa shape index (κ1) is 15.4. The zero-order valence-electron chi connectivity index (χ0n) is 11.4. The molecule has 0 saturated carbocycles. The quantitative estimate of drug-likeness (QED) is 0.866. The molecule has 0 atom stereocenters. The number of benzene rings is 1. The van der Waals surface area contributed by atoms with Crippen molar-refractivity contribution in [3.63, 3.8) is 0 Å². The minimum atomic E-state index is -0.287. The zero-order chi connectivity index (χ0) is 15.2. The molecule has 0 fully saturated rings. The highest BCUT2D eigenvalue weighted by Gasteiger charge is 2.06. The summed E-state index contributed by atoms with van der Waals surface area (Å²) >= 11 is 3.31. The fraction of sp³-hybridized carbons (Fsp3) is 0.214. The number of hydrogen-bond donors (Lipinski definition) is 2. The molecule has 0 radical (unpaired) electrons. The third kappa shape index (κ3) is 4.22. The molecular formula is C14H14BrFN4O. The number of carbonyl (C=O) groups is 1. The molecule has 0 aliphatic rings. The lowest BCUT2D eigenvalue weighted by Crippen LogP contribution is -2.20. The maximum Gasteiger partial charge on any atom is 0.271 e. The van der Waals surface area contributed by atoms with E-state index in [0.717, 1.165) is 4.47 Å². The predicted molar refractivity (Wildman–Crippen MR) is 81.7 cm³/mol. The summed E-state index contributed by atoms with van der Waals surface area (Å²) < 4.78 is 14.4. The summed E-state index contributed by atoms with van der Waals surface area (Å²) in [7, 11) is 1.53. The second kappa shape index (κ2) is 7.12. The Balaban J connectivity index is 1.91. The van der Waals surface area contributed by atoms with Gasteiger partial charge in [0.15, 0.2) is 5.69 Å². The van der Waals surface area contributed by atoms with Crippen LogP contribution in [0.2, 0.25) is 0 Å². The minimum absolute atomic E-state index is 0.235. The Hall–Kier alpha value is -2.02. The normalized spacial score (nSPS) is 10.2. The van der Waals surface area contributed by atoms with Crippen LogP contribution in [0.25, 0.3) is 0 Å². The molecule has 0 spiro atoms. The van der Waals surface area contributed by atoms with Crippen molar-refractivity contribution in [1.29, 1.82) is 0 Å². The second-order valence-corrected chi connectivity index (χ2v) is 5.21. The highest BCUT2D eigenvalue weighted by molar-refractivity contribution is 9.10. The molecule has 1 heterocycles. The Bertz CT molecular complexity index is 633. The van der Waals surface area contributed by atoms with Gasteiger partial charge in [-0.25, -0.2) is 4.39 Å². The average Bonchev–Trinajstić information content (AvgIpc) is 2.50. The van der Waals surface area contributed by atoms with E-state index in [9.17, 15) is 9.18 Å². The van der Waals surface area contributed by atoms with Gasteiger partial charge in [-0.2, -0.15) is 0 Å². The number of aromatic nitrogens is 2. The van der Waals surface area contributed by atoms with Gasteiger partial charge < -0.3 is 10.6 Å². The molecule has 2 rings (SSSR count). The van der Waals surface area contributed by atoms with Crippen molar-refractivity contribution in [2.45, 2.75) is 6.42 Å². The van der Waals surface area contributed by atoms with Gasteiger partial charge in [-0.15, -0.1) is 10.2 Å². The second-order valence-electron chi connectivity index (χ2n) is 4.30. The van der Waals surface area contributed by atoms with Crippen LogP contribution in [0.15, 0.2) is 34.8 Å². The smallest absolute Gasteiger partial charge is 0.271 e. The Morgan fingerprint density at radius 3 is 2.76 bits per heavy atom. The highest BCUT2D eigenvalue weighted by atomic mass is 79.9. The van der Waals surface area contributed by atoms with Crippen LogP contribution >= 0.6 is 15.9 Å². The van der Waals surface area contributed by atoms with Crippen molar-refractivity contribution in [3.05, 3.63) is 51.9 Å². The van der Waals surface area contributed by atoms with Crippen molar-refractivity contribution >= 4 is 27.7 Å². The summed E-state index contributed by atoms with van der Waals surface area (Å²) in [6, 6.07) is 8.08. The van der Waals surface area contributed by atoms with Gasteiger partial charge in [-0.05, 0) is 42.3 Å². The Morgan fingerprint density at radius 1 is 1.29 bits per heavy atom. The van der Waals surface area contributed by atoms with Gasteiger partial charge in [0.05, 0.1) is 0 Å². The number of rotatable bonds is 5. The summed E-state index contributed by atoms with van der Waals surface area (Å²) in [4.78, 5) is 11.3. The van der Waals surface area contributed by atoms with Gasteiger partial charge >= 0.3 is 0 Å². The Labute approximate surface area is 130 Å². The van der Waals surface area contributed by atoms with Gasteiger partial charge in [0, 0.05) is 18.1 Å². The molecule has 2 N–H and O–H groups in total. The number of halogens is 2. The molecule has 0 bridgehead atoms. The molecule has 5 nitrogen and oxygen atoms in total. The van der Waals surface area contributed by atoms with Crippen LogP contribution in [-0.4, -0.2) is 29.7 Å². The van der Waals surface area contributed by atoms with Crippen molar-refractivity contribution < 1.29 is 9.18 Å². The summed E-state index contributed by atoms with van der Waals surface area (Å²) in [6.07, 6.45) is 0.518. The van der Waals surface area contributed by atoms with Gasteiger partial charge in [0.1, 0.15) is 11.6 Å². The molecular weight excluding hydrogens is 339 g/mol. The molecule has 0 aliphatic heterocycles. The maximum absolute atomic E-state index is 13.6. The monoisotopic (exact) mass is 352 g/mol. The van der Waals surface area contributed by atoms with Gasteiger partial charge in [-0.1, -0.05) is 15.9 Å². The molecule has 1 aromatic carbocycles. The van der Waals surface area contributed by atoms with Crippen LogP contribution in [0.4, 0.5) is 10.2 Å². The van der Waals surface area contributed by atoms with Gasteiger partial charge in [0.25, 0.3) is 5.91 Å². The fourth-order valence-corrected chi connectivity index (χ4v) is 2.14. The standard InChI is InChI=1S/C14H14BrFN4O/c1-17-14(21)12-4-5-13(20-19-12)18-7-6-9-8-10(15)2-3-11(9)16/h2-5,8H,6-7H2,1H3,(H,17,21)(H,18,20). The number of nitrogens with one attached hydrogen (secondary N) is 2. The topological polar surface area (TPSA) is 66.9 Å². The van der Waals surface area contributed by atoms with E-state index < -0.39 is 0 Å². The zero-order valence-corrected chi connectivity index (χ0v) is 12.9. The molecule has 2 aromatic rings. The largest absolute Gasteiger partial charge is 0.368 e. The third-order valence-electron chi connectivity index (χ3n) is 2.83. The number of carbonyl (C=O) groups excluding carboxylic acids is 1. The summed E-state index contributed by atoms with van der Waals surface area (Å²) in [6.45, 7) is 0.515. The van der Waals surface area contributed by atoms with E-state index in [0.29, 0.717) is 24.3 Å². The summed E-state index contributed by atoms with van der Waals surface area (Å²) in [5, 5.41) is 13.2. The molecule has 7 heteroatoms. The molecule has 21 heavy (non-hydrogen) atoms. The lowest BCUT2D eigenvalue weighted by Gasteiger charge is -2.07. The Kier molecular flexibility index (Phi) is 5.21. The van der Waals surface area contributed by atoms with E-state index in [1.54, 1.807) is 24.3 Å². The van der Waals surface area contributed by atoms with E-state index in [1.807, 2.05) is 0 Å². The van der Waals surface area contributed by atoms with Gasteiger partial charge in [-0.3, -0.25) is 4.79 Å². The highest BCUT2D eigenvalue weighted by Crippen LogP contribution is 2.16. The van der Waals surface area contributed by atoms with E-state index in [2.05, 4.69) is 36.8 Å². The Morgan fingerprint density at radius 2 is 2.10 bits per heavy atom. The lowest BCUT2D eigenvalue weighted by molar-refractivity contribution is 0.0957. The summed E-state index contributed by atoms with van der Waals surface area (Å²) in [5.41, 5.74) is 0.868. The van der Waals surface area contributed by atoms with E-state index >= 15 is 0 Å². The molecule has 0 unspecified atom stereocenters. The first-order valence-electron chi connectivity index (χ1n) is 6.34. The maximum atomic E-state index is 13.6. The molecule has 0 saturated heterocycles. The van der Waals surface area contributed by atoms with E-state index in [4.69, 9.17) is 0 Å². The first-order chi connectivity index (χ1) is 10.1. The van der Waals surface area contributed by atoms with Crippen molar-refractivity contribution in [1.82, 2.24) is 15.5 Å². The molecule has 1 amide bonds. The third-order valence-corrected chi connectivity index (χ3v) is 3.33.